The fraction of sp³-hybridized carbons (Fsp3) is 0.571. The first-order chi connectivity index (χ1) is 8.72. The summed E-state index contributed by atoms with van der Waals surface area (Å²) in [6.45, 7) is 3.38. The molecule has 1 aromatic rings. The Bertz CT molecular complexity index is 389. The van der Waals surface area contributed by atoms with E-state index in [1.54, 1.807) is 7.11 Å². The van der Waals surface area contributed by atoms with Crippen LogP contribution in [-0.4, -0.2) is 31.0 Å². The molecule has 0 amide bonds. The van der Waals surface area contributed by atoms with Crippen molar-refractivity contribution >= 4 is 0 Å². The molecule has 0 aromatic heterocycles. The Morgan fingerprint density at radius 2 is 2.11 bits per heavy atom. The Morgan fingerprint density at radius 3 is 2.72 bits per heavy atom. The lowest BCUT2D eigenvalue weighted by Crippen LogP contribution is -2.43. The van der Waals surface area contributed by atoms with E-state index in [1.807, 2.05) is 25.1 Å². The van der Waals surface area contributed by atoms with Gasteiger partial charge in [-0.2, -0.15) is 0 Å². The minimum Gasteiger partial charge on any atom is -0.493 e. The van der Waals surface area contributed by atoms with E-state index in [2.05, 4.69) is 5.32 Å². The summed E-state index contributed by atoms with van der Waals surface area (Å²) in [4.78, 5) is 0. The SMILES string of the molecule is CCOc1ccc(CNC2CC(O)C2)cc1OC. The molecule has 0 bridgehead atoms. The van der Waals surface area contributed by atoms with Gasteiger partial charge in [0.05, 0.1) is 19.8 Å². The quantitative estimate of drug-likeness (QED) is 0.808. The van der Waals surface area contributed by atoms with Crippen molar-refractivity contribution in [3.8, 4) is 11.5 Å². The molecule has 18 heavy (non-hydrogen) atoms. The van der Waals surface area contributed by atoms with E-state index in [0.29, 0.717) is 12.6 Å². The van der Waals surface area contributed by atoms with Crippen molar-refractivity contribution in [1.29, 1.82) is 0 Å². The second-order valence-corrected chi connectivity index (χ2v) is 4.62. The van der Waals surface area contributed by atoms with E-state index < -0.39 is 0 Å². The van der Waals surface area contributed by atoms with Crippen LogP contribution in [0.15, 0.2) is 18.2 Å². The van der Waals surface area contributed by atoms with Gasteiger partial charge >= 0.3 is 0 Å². The van der Waals surface area contributed by atoms with Gasteiger partial charge in [-0.1, -0.05) is 6.07 Å². The second-order valence-electron chi connectivity index (χ2n) is 4.62. The Balaban J connectivity index is 1.92. The van der Waals surface area contributed by atoms with E-state index in [4.69, 9.17) is 9.47 Å². The van der Waals surface area contributed by atoms with Crippen molar-refractivity contribution < 1.29 is 14.6 Å². The molecule has 100 valence electrons. The number of aliphatic hydroxyl groups excluding tert-OH is 1. The molecule has 4 heteroatoms. The first-order valence-electron chi connectivity index (χ1n) is 6.44. The molecule has 1 aromatic carbocycles. The monoisotopic (exact) mass is 251 g/mol. The Kier molecular flexibility index (Phi) is 4.44. The normalized spacial score (nSPS) is 22.4. The molecule has 0 atom stereocenters. The van der Waals surface area contributed by atoms with E-state index in [9.17, 15) is 5.11 Å². The number of rotatable bonds is 6. The van der Waals surface area contributed by atoms with Crippen LogP contribution in [0.4, 0.5) is 0 Å². The molecule has 0 saturated heterocycles. The van der Waals surface area contributed by atoms with Gasteiger partial charge in [0.1, 0.15) is 0 Å². The molecule has 2 rings (SSSR count). The van der Waals surface area contributed by atoms with Crippen LogP contribution in [0.25, 0.3) is 0 Å². The minimum absolute atomic E-state index is 0.114. The van der Waals surface area contributed by atoms with E-state index in [-0.39, 0.29) is 6.10 Å². The average molecular weight is 251 g/mol. The fourth-order valence-corrected chi connectivity index (χ4v) is 2.11. The summed E-state index contributed by atoms with van der Waals surface area (Å²) in [6.07, 6.45) is 1.60. The highest BCUT2D eigenvalue weighted by Gasteiger charge is 2.26. The van der Waals surface area contributed by atoms with Crippen LogP contribution in [0.1, 0.15) is 25.3 Å². The number of aliphatic hydroxyl groups is 1. The fourth-order valence-electron chi connectivity index (χ4n) is 2.11. The molecule has 0 spiro atoms. The summed E-state index contributed by atoms with van der Waals surface area (Å²) >= 11 is 0. The van der Waals surface area contributed by atoms with Gasteiger partial charge in [-0.3, -0.25) is 0 Å². The molecule has 1 saturated carbocycles. The zero-order valence-electron chi connectivity index (χ0n) is 11.0. The van der Waals surface area contributed by atoms with Crippen LogP contribution >= 0.6 is 0 Å². The highest BCUT2D eigenvalue weighted by atomic mass is 16.5. The summed E-state index contributed by atoms with van der Waals surface area (Å²) in [6, 6.07) is 6.41. The molecular formula is C14H21NO3. The minimum atomic E-state index is -0.114. The Labute approximate surface area is 108 Å². The molecular weight excluding hydrogens is 230 g/mol. The van der Waals surface area contributed by atoms with Crippen molar-refractivity contribution in [3.05, 3.63) is 23.8 Å². The molecule has 1 aliphatic carbocycles. The maximum absolute atomic E-state index is 9.22. The van der Waals surface area contributed by atoms with Crippen LogP contribution in [-0.2, 0) is 6.54 Å². The molecule has 0 heterocycles. The van der Waals surface area contributed by atoms with Gasteiger partial charge in [-0.25, -0.2) is 0 Å². The first-order valence-corrected chi connectivity index (χ1v) is 6.44. The number of methoxy groups -OCH3 is 1. The summed E-state index contributed by atoms with van der Waals surface area (Å²) in [7, 11) is 1.65. The maximum atomic E-state index is 9.22. The van der Waals surface area contributed by atoms with E-state index in [1.165, 1.54) is 0 Å². The van der Waals surface area contributed by atoms with Crippen LogP contribution in [0, 0.1) is 0 Å². The van der Waals surface area contributed by atoms with Gasteiger partial charge in [0, 0.05) is 12.6 Å². The first kappa shape index (κ1) is 13.2. The number of nitrogens with one attached hydrogen (secondary N) is 1. The molecule has 0 unspecified atom stereocenters. The maximum Gasteiger partial charge on any atom is 0.161 e. The highest BCUT2D eigenvalue weighted by Crippen LogP contribution is 2.28. The third-order valence-electron chi connectivity index (χ3n) is 3.24. The summed E-state index contributed by atoms with van der Waals surface area (Å²) in [5.74, 6) is 1.55. The smallest absolute Gasteiger partial charge is 0.161 e. The molecule has 0 aliphatic heterocycles. The third kappa shape index (κ3) is 3.15. The third-order valence-corrected chi connectivity index (χ3v) is 3.24. The zero-order valence-corrected chi connectivity index (χ0v) is 11.0. The van der Waals surface area contributed by atoms with Gasteiger partial charge in [0.15, 0.2) is 11.5 Å². The number of ether oxygens (including phenoxy) is 2. The van der Waals surface area contributed by atoms with Crippen molar-refractivity contribution in [1.82, 2.24) is 5.32 Å². The number of benzene rings is 1. The average Bonchev–Trinajstić information content (AvgIpc) is 2.35. The summed E-state index contributed by atoms with van der Waals surface area (Å²) < 4.78 is 10.8. The molecule has 4 nitrogen and oxygen atoms in total. The lowest BCUT2D eigenvalue weighted by molar-refractivity contribution is 0.0619. The predicted octanol–water partition coefficient (Wildman–Crippen LogP) is 1.71. The molecule has 1 fully saturated rings. The number of hydrogen-bond donors (Lipinski definition) is 2. The van der Waals surface area contributed by atoms with Gasteiger partial charge in [-0.15, -0.1) is 0 Å². The van der Waals surface area contributed by atoms with Crippen LogP contribution in [0.5, 0.6) is 11.5 Å². The van der Waals surface area contributed by atoms with Gasteiger partial charge in [0.2, 0.25) is 0 Å². The summed E-state index contributed by atoms with van der Waals surface area (Å²) in [5, 5.41) is 12.6. The molecule has 2 N–H and O–H groups in total. The van der Waals surface area contributed by atoms with Gasteiger partial charge < -0.3 is 19.9 Å². The Morgan fingerprint density at radius 1 is 1.33 bits per heavy atom. The predicted molar refractivity (Wildman–Crippen MR) is 70.0 cm³/mol. The van der Waals surface area contributed by atoms with E-state index >= 15 is 0 Å². The standard InChI is InChI=1S/C14H21NO3/c1-3-18-13-5-4-10(6-14(13)17-2)9-15-11-7-12(16)8-11/h4-6,11-12,15-16H,3,7-9H2,1-2H3. The largest absolute Gasteiger partial charge is 0.493 e. The lowest BCUT2D eigenvalue weighted by Gasteiger charge is -2.32. The molecule has 0 radical (unpaired) electrons. The summed E-state index contributed by atoms with van der Waals surface area (Å²) in [5.41, 5.74) is 1.16. The van der Waals surface area contributed by atoms with E-state index in [0.717, 1.165) is 36.4 Å². The van der Waals surface area contributed by atoms with Crippen molar-refractivity contribution in [3.63, 3.8) is 0 Å². The highest BCUT2D eigenvalue weighted by molar-refractivity contribution is 5.42. The lowest BCUT2D eigenvalue weighted by atomic mass is 9.89. The zero-order chi connectivity index (χ0) is 13.0. The van der Waals surface area contributed by atoms with Crippen molar-refractivity contribution in [2.24, 2.45) is 0 Å². The van der Waals surface area contributed by atoms with Crippen LogP contribution < -0.4 is 14.8 Å². The second kappa shape index (κ2) is 6.07. The van der Waals surface area contributed by atoms with Crippen molar-refractivity contribution in [2.75, 3.05) is 13.7 Å². The van der Waals surface area contributed by atoms with Crippen LogP contribution in [0.3, 0.4) is 0 Å². The number of hydrogen-bond acceptors (Lipinski definition) is 4. The Hall–Kier alpha value is -1.26. The van der Waals surface area contributed by atoms with Crippen molar-refractivity contribution in [2.45, 2.75) is 38.5 Å². The molecule has 1 aliphatic rings. The van der Waals surface area contributed by atoms with Crippen LogP contribution in [0.2, 0.25) is 0 Å². The van der Waals surface area contributed by atoms with Gasteiger partial charge in [0.25, 0.3) is 0 Å². The van der Waals surface area contributed by atoms with Gasteiger partial charge in [-0.05, 0) is 37.5 Å². The topological polar surface area (TPSA) is 50.7 Å².